The Bertz CT molecular complexity index is 1220. The van der Waals surface area contributed by atoms with Crippen LogP contribution in [0.25, 0.3) is 22.3 Å². The van der Waals surface area contributed by atoms with E-state index in [0.29, 0.717) is 21.7 Å². The maximum absolute atomic E-state index is 6.18. The number of rotatable bonds is 4. The molecule has 0 unspecified atom stereocenters. The molecule has 0 bridgehead atoms. The van der Waals surface area contributed by atoms with Gasteiger partial charge in [0.05, 0.1) is 21.3 Å². The van der Waals surface area contributed by atoms with E-state index in [1.807, 2.05) is 61.5 Å². The molecule has 4 aromatic rings. The third kappa shape index (κ3) is 4.42. The van der Waals surface area contributed by atoms with Crippen LogP contribution in [0.1, 0.15) is 12.5 Å². The zero-order valence-electron chi connectivity index (χ0n) is 15.3. The summed E-state index contributed by atoms with van der Waals surface area (Å²) in [5, 5.41) is 6.35. The number of fused-ring (bicyclic) bond motifs is 1. The number of hydrazone groups is 1. The summed E-state index contributed by atoms with van der Waals surface area (Å²) in [5.41, 5.74) is 6.55. The van der Waals surface area contributed by atoms with Crippen molar-refractivity contribution in [1.82, 2.24) is 9.97 Å². The fraction of sp³-hybridized carbons (Fsp3) is 0.0455. The summed E-state index contributed by atoms with van der Waals surface area (Å²) in [6, 6.07) is 21.1. The Balaban J connectivity index is 1.75. The van der Waals surface area contributed by atoms with Gasteiger partial charge in [-0.2, -0.15) is 5.10 Å². The summed E-state index contributed by atoms with van der Waals surface area (Å²) in [7, 11) is 0. The van der Waals surface area contributed by atoms with Crippen molar-refractivity contribution < 1.29 is 0 Å². The van der Waals surface area contributed by atoms with E-state index in [-0.39, 0.29) is 0 Å². The lowest BCUT2D eigenvalue weighted by molar-refractivity contribution is 1.18. The summed E-state index contributed by atoms with van der Waals surface area (Å²) in [4.78, 5) is 9.35. The van der Waals surface area contributed by atoms with Crippen LogP contribution >= 0.6 is 39.1 Å². The first-order chi connectivity index (χ1) is 14.0. The second kappa shape index (κ2) is 8.49. The van der Waals surface area contributed by atoms with Gasteiger partial charge in [-0.1, -0.05) is 63.4 Å². The van der Waals surface area contributed by atoms with E-state index in [2.05, 4.69) is 36.4 Å². The topological polar surface area (TPSA) is 50.2 Å². The lowest BCUT2D eigenvalue weighted by Crippen LogP contribution is -2.03. The van der Waals surface area contributed by atoms with Crippen LogP contribution in [0.15, 0.2) is 76.3 Å². The van der Waals surface area contributed by atoms with Crippen LogP contribution in [-0.4, -0.2) is 15.7 Å². The molecular formula is C22H15BrCl2N4. The van der Waals surface area contributed by atoms with Crippen molar-refractivity contribution in [3.63, 3.8) is 0 Å². The fourth-order valence-electron chi connectivity index (χ4n) is 2.82. The Morgan fingerprint density at radius 2 is 1.69 bits per heavy atom. The molecule has 0 saturated carbocycles. The summed E-state index contributed by atoms with van der Waals surface area (Å²) in [5.74, 6) is 1.16. The van der Waals surface area contributed by atoms with Crippen molar-refractivity contribution in [2.75, 3.05) is 5.43 Å². The van der Waals surface area contributed by atoms with Gasteiger partial charge in [0.2, 0.25) is 0 Å². The molecule has 1 N–H and O–H groups in total. The van der Waals surface area contributed by atoms with Gasteiger partial charge in [0, 0.05) is 15.4 Å². The molecule has 1 heterocycles. The second-order valence-corrected chi connectivity index (χ2v) is 8.09. The Morgan fingerprint density at radius 1 is 0.931 bits per heavy atom. The molecule has 0 aliphatic carbocycles. The molecular weight excluding hydrogens is 471 g/mol. The highest BCUT2D eigenvalue weighted by Gasteiger charge is 2.11. The number of aromatic nitrogens is 2. The normalized spacial score (nSPS) is 11.7. The first kappa shape index (κ1) is 19.8. The molecule has 1 aromatic heterocycles. The molecule has 7 heteroatoms. The van der Waals surface area contributed by atoms with Crippen molar-refractivity contribution in [3.05, 3.63) is 86.8 Å². The first-order valence-electron chi connectivity index (χ1n) is 8.80. The molecule has 4 nitrogen and oxygen atoms in total. The number of nitrogens with zero attached hydrogens (tertiary/aromatic N) is 3. The third-order valence-electron chi connectivity index (χ3n) is 4.37. The van der Waals surface area contributed by atoms with E-state index in [9.17, 15) is 0 Å². The molecule has 0 saturated heterocycles. The number of hydrogen-bond donors (Lipinski definition) is 1. The molecule has 29 heavy (non-hydrogen) atoms. The standard InChI is InChI=1S/C22H15BrCl2N4/c1-13(14-6-9-16(23)10-7-14)28-29-22-17-4-2-3-5-20(17)26-21(27-22)15-8-11-18(24)19(25)12-15/h2-12H,1H3,(H,26,27,29)/b28-13+. The minimum absolute atomic E-state index is 0.458. The minimum Gasteiger partial charge on any atom is -0.260 e. The molecule has 0 radical (unpaired) electrons. The van der Waals surface area contributed by atoms with Gasteiger partial charge in [-0.3, -0.25) is 5.43 Å². The average molecular weight is 486 g/mol. The van der Waals surface area contributed by atoms with Gasteiger partial charge < -0.3 is 0 Å². The van der Waals surface area contributed by atoms with Crippen LogP contribution in [0.4, 0.5) is 5.82 Å². The van der Waals surface area contributed by atoms with E-state index < -0.39 is 0 Å². The number of para-hydroxylation sites is 1. The Labute approximate surface area is 186 Å². The second-order valence-electron chi connectivity index (χ2n) is 6.36. The Hall–Kier alpha value is -2.47. The summed E-state index contributed by atoms with van der Waals surface area (Å²) < 4.78 is 1.02. The van der Waals surface area contributed by atoms with Crippen molar-refractivity contribution in [1.29, 1.82) is 0 Å². The zero-order valence-corrected chi connectivity index (χ0v) is 18.4. The van der Waals surface area contributed by atoms with Gasteiger partial charge in [0.25, 0.3) is 0 Å². The quantitative estimate of drug-likeness (QED) is 0.245. The minimum atomic E-state index is 0.458. The molecule has 0 aliphatic rings. The zero-order chi connectivity index (χ0) is 20.4. The van der Waals surface area contributed by atoms with Crippen LogP contribution in [0, 0.1) is 0 Å². The van der Waals surface area contributed by atoms with Crippen LogP contribution in [-0.2, 0) is 0 Å². The van der Waals surface area contributed by atoms with E-state index in [1.165, 1.54) is 0 Å². The SMILES string of the molecule is C/C(=N\Nc1nc(-c2ccc(Cl)c(Cl)c2)nc2ccccc12)c1ccc(Br)cc1. The molecule has 0 aliphatic heterocycles. The number of benzene rings is 3. The van der Waals surface area contributed by atoms with Crippen LogP contribution in [0.5, 0.6) is 0 Å². The van der Waals surface area contributed by atoms with Crippen molar-refractivity contribution in [3.8, 4) is 11.4 Å². The van der Waals surface area contributed by atoms with Gasteiger partial charge in [-0.25, -0.2) is 9.97 Å². The van der Waals surface area contributed by atoms with Gasteiger partial charge in [0.1, 0.15) is 0 Å². The predicted molar refractivity (Wildman–Crippen MR) is 125 cm³/mol. The number of anilines is 1. The Kier molecular flexibility index (Phi) is 5.81. The predicted octanol–water partition coefficient (Wildman–Crippen LogP) is 7.20. The third-order valence-corrected chi connectivity index (χ3v) is 5.64. The largest absolute Gasteiger partial charge is 0.260 e. The highest BCUT2D eigenvalue weighted by Crippen LogP contribution is 2.29. The number of hydrogen-bond acceptors (Lipinski definition) is 4. The van der Waals surface area contributed by atoms with Gasteiger partial charge in [-0.05, 0) is 55.0 Å². The molecule has 0 fully saturated rings. The van der Waals surface area contributed by atoms with Crippen LogP contribution in [0.3, 0.4) is 0 Å². The van der Waals surface area contributed by atoms with E-state index >= 15 is 0 Å². The van der Waals surface area contributed by atoms with Crippen molar-refractivity contribution >= 4 is 61.6 Å². The monoisotopic (exact) mass is 484 g/mol. The molecule has 144 valence electrons. The van der Waals surface area contributed by atoms with E-state index in [4.69, 9.17) is 23.2 Å². The van der Waals surface area contributed by atoms with Crippen molar-refractivity contribution in [2.45, 2.75) is 6.92 Å². The van der Waals surface area contributed by atoms with E-state index in [1.54, 1.807) is 12.1 Å². The van der Waals surface area contributed by atoms with Crippen LogP contribution in [0.2, 0.25) is 10.0 Å². The molecule has 0 atom stereocenters. The molecule has 0 amide bonds. The lowest BCUT2D eigenvalue weighted by Gasteiger charge is -2.10. The summed E-state index contributed by atoms with van der Waals surface area (Å²) in [6.45, 7) is 1.94. The summed E-state index contributed by atoms with van der Waals surface area (Å²) >= 11 is 15.7. The van der Waals surface area contributed by atoms with Gasteiger partial charge >= 0.3 is 0 Å². The molecule has 0 spiro atoms. The summed E-state index contributed by atoms with van der Waals surface area (Å²) in [6.07, 6.45) is 0. The number of halogens is 3. The maximum Gasteiger partial charge on any atom is 0.162 e. The highest BCUT2D eigenvalue weighted by molar-refractivity contribution is 9.10. The maximum atomic E-state index is 6.18. The van der Waals surface area contributed by atoms with Gasteiger partial charge in [-0.15, -0.1) is 0 Å². The fourth-order valence-corrected chi connectivity index (χ4v) is 3.38. The smallest absolute Gasteiger partial charge is 0.162 e. The lowest BCUT2D eigenvalue weighted by atomic mass is 10.1. The van der Waals surface area contributed by atoms with Crippen LogP contribution < -0.4 is 5.43 Å². The molecule has 4 rings (SSSR count). The van der Waals surface area contributed by atoms with Crippen molar-refractivity contribution in [2.24, 2.45) is 5.10 Å². The van der Waals surface area contributed by atoms with Gasteiger partial charge in [0.15, 0.2) is 11.6 Å². The Morgan fingerprint density at radius 3 is 2.45 bits per heavy atom. The number of nitrogens with one attached hydrogen (secondary N) is 1. The van der Waals surface area contributed by atoms with E-state index in [0.717, 1.165) is 32.2 Å². The average Bonchev–Trinajstić information content (AvgIpc) is 2.74. The first-order valence-corrected chi connectivity index (χ1v) is 10.3. The highest BCUT2D eigenvalue weighted by atomic mass is 79.9. The molecule has 3 aromatic carbocycles.